The molecule has 1 aliphatic heterocycles. The van der Waals surface area contributed by atoms with Crippen LogP contribution in [-0.2, 0) is 30.1 Å². The molecule has 0 atom stereocenters. The van der Waals surface area contributed by atoms with E-state index in [0.29, 0.717) is 56.6 Å². The number of methoxy groups -OCH3 is 1. The third-order valence-electron chi connectivity index (χ3n) is 4.14. The van der Waals surface area contributed by atoms with Crippen LogP contribution in [0.4, 0.5) is 5.95 Å². The van der Waals surface area contributed by atoms with Crippen molar-refractivity contribution >= 4 is 17.1 Å². The Morgan fingerprint density at radius 1 is 1.17 bits per heavy atom. The second kappa shape index (κ2) is 6.17. The smallest absolute Gasteiger partial charge is 0.332 e. The predicted molar refractivity (Wildman–Crippen MR) is 85.1 cm³/mol. The Morgan fingerprint density at radius 2 is 1.87 bits per heavy atom. The highest BCUT2D eigenvalue weighted by molar-refractivity contribution is 5.74. The molecule has 126 valence electrons. The summed E-state index contributed by atoms with van der Waals surface area (Å²) in [5, 5.41) is 0. The van der Waals surface area contributed by atoms with Crippen molar-refractivity contribution in [3.8, 4) is 0 Å². The molecule has 2 aromatic heterocycles. The fourth-order valence-electron chi connectivity index (χ4n) is 2.83. The van der Waals surface area contributed by atoms with Crippen LogP contribution in [0.25, 0.3) is 11.2 Å². The molecule has 0 saturated carbocycles. The lowest BCUT2D eigenvalue weighted by Gasteiger charge is -2.28. The van der Waals surface area contributed by atoms with Crippen molar-refractivity contribution in [1.29, 1.82) is 0 Å². The first-order valence-corrected chi connectivity index (χ1v) is 7.54. The molecule has 0 amide bonds. The second-order valence-electron chi connectivity index (χ2n) is 5.53. The molecule has 1 saturated heterocycles. The predicted octanol–water partition coefficient (Wildman–Crippen LogP) is -1.08. The van der Waals surface area contributed by atoms with Crippen LogP contribution < -0.4 is 16.1 Å². The first-order valence-electron chi connectivity index (χ1n) is 7.54. The molecule has 9 heteroatoms. The van der Waals surface area contributed by atoms with Gasteiger partial charge in [-0.25, -0.2) is 4.79 Å². The van der Waals surface area contributed by atoms with E-state index >= 15 is 0 Å². The Kier molecular flexibility index (Phi) is 4.22. The lowest BCUT2D eigenvalue weighted by molar-refractivity contribution is 0.121. The summed E-state index contributed by atoms with van der Waals surface area (Å²) in [7, 11) is 4.72. The Balaban J connectivity index is 2.26. The standard InChI is InChI=1S/C14H21N5O4/c1-16-11-10(12(20)17(2)14(16)21)19(6-7-22-3)13(15-11)18-4-8-23-9-5-18/h4-9H2,1-3H3. The first-order chi connectivity index (χ1) is 11.1. The molecular weight excluding hydrogens is 302 g/mol. The number of aryl methyl sites for hydroxylation is 1. The molecule has 9 nitrogen and oxygen atoms in total. The summed E-state index contributed by atoms with van der Waals surface area (Å²) in [6.45, 7) is 3.58. The maximum absolute atomic E-state index is 12.6. The van der Waals surface area contributed by atoms with Crippen LogP contribution in [0.1, 0.15) is 0 Å². The van der Waals surface area contributed by atoms with Gasteiger partial charge in [0.25, 0.3) is 5.56 Å². The Bertz CT molecular complexity index is 828. The van der Waals surface area contributed by atoms with Crippen LogP contribution in [0, 0.1) is 0 Å². The lowest BCUT2D eigenvalue weighted by Crippen LogP contribution is -2.39. The van der Waals surface area contributed by atoms with Crippen LogP contribution in [0.15, 0.2) is 9.59 Å². The summed E-state index contributed by atoms with van der Waals surface area (Å²) in [5.74, 6) is 0.679. The van der Waals surface area contributed by atoms with Crippen molar-refractivity contribution in [2.45, 2.75) is 6.54 Å². The van der Waals surface area contributed by atoms with E-state index in [1.54, 1.807) is 14.2 Å². The normalized spacial score (nSPS) is 15.5. The topological polar surface area (TPSA) is 83.5 Å². The van der Waals surface area contributed by atoms with E-state index in [1.165, 1.54) is 11.6 Å². The van der Waals surface area contributed by atoms with Crippen LogP contribution in [0.2, 0.25) is 0 Å². The van der Waals surface area contributed by atoms with E-state index in [4.69, 9.17) is 9.47 Å². The third-order valence-corrected chi connectivity index (χ3v) is 4.14. The van der Waals surface area contributed by atoms with E-state index in [9.17, 15) is 9.59 Å². The van der Waals surface area contributed by atoms with E-state index in [2.05, 4.69) is 9.88 Å². The summed E-state index contributed by atoms with van der Waals surface area (Å²) in [6.07, 6.45) is 0. The summed E-state index contributed by atoms with van der Waals surface area (Å²) in [4.78, 5) is 31.4. The number of aromatic nitrogens is 4. The summed E-state index contributed by atoms with van der Waals surface area (Å²) in [6, 6.07) is 0. The fourth-order valence-corrected chi connectivity index (χ4v) is 2.83. The number of hydrogen-bond donors (Lipinski definition) is 0. The summed E-state index contributed by atoms with van der Waals surface area (Å²) >= 11 is 0. The number of nitrogens with zero attached hydrogens (tertiary/aromatic N) is 5. The average molecular weight is 323 g/mol. The van der Waals surface area contributed by atoms with Gasteiger partial charge in [-0.05, 0) is 0 Å². The van der Waals surface area contributed by atoms with Crippen molar-refractivity contribution in [1.82, 2.24) is 18.7 Å². The molecule has 0 radical (unpaired) electrons. The minimum atomic E-state index is -0.382. The van der Waals surface area contributed by atoms with Crippen LogP contribution in [0.3, 0.4) is 0 Å². The highest BCUT2D eigenvalue weighted by Gasteiger charge is 2.23. The van der Waals surface area contributed by atoms with Gasteiger partial charge in [0.1, 0.15) is 0 Å². The number of ether oxygens (including phenoxy) is 2. The molecule has 0 aliphatic carbocycles. The van der Waals surface area contributed by atoms with Gasteiger partial charge in [0, 0.05) is 40.8 Å². The molecule has 1 aliphatic rings. The van der Waals surface area contributed by atoms with Gasteiger partial charge in [-0.15, -0.1) is 0 Å². The lowest BCUT2D eigenvalue weighted by atomic mass is 10.4. The van der Waals surface area contributed by atoms with Crippen molar-refractivity contribution in [2.75, 3.05) is 44.9 Å². The summed E-state index contributed by atoms with van der Waals surface area (Å²) in [5.41, 5.74) is 0.0995. The van der Waals surface area contributed by atoms with E-state index in [-0.39, 0.29) is 11.2 Å². The maximum atomic E-state index is 12.6. The van der Waals surface area contributed by atoms with Gasteiger partial charge in [-0.3, -0.25) is 13.9 Å². The average Bonchev–Trinajstić information content (AvgIpc) is 2.96. The zero-order valence-electron chi connectivity index (χ0n) is 13.6. The van der Waals surface area contributed by atoms with Gasteiger partial charge in [0.2, 0.25) is 5.95 Å². The van der Waals surface area contributed by atoms with E-state index in [1.807, 2.05) is 4.57 Å². The summed E-state index contributed by atoms with van der Waals surface area (Å²) < 4.78 is 14.9. The van der Waals surface area contributed by atoms with Crippen molar-refractivity contribution in [2.24, 2.45) is 14.1 Å². The molecule has 2 aromatic rings. The fraction of sp³-hybridized carbons (Fsp3) is 0.643. The van der Waals surface area contributed by atoms with Crippen molar-refractivity contribution in [3.05, 3.63) is 20.8 Å². The van der Waals surface area contributed by atoms with Gasteiger partial charge in [0.05, 0.1) is 19.8 Å². The number of rotatable bonds is 4. The molecule has 0 unspecified atom stereocenters. The minimum Gasteiger partial charge on any atom is -0.383 e. The molecule has 1 fully saturated rings. The number of morpholine rings is 1. The first kappa shape index (κ1) is 15.8. The molecule has 3 heterocycles. The van der Waals surface area contributed by atoms with Crippen molar-refractivity contribution in [3.63, 3.8) is 0 Å². The number of imidazole rings is 1. The van der Waals surface area contributed by atoms with Gasteiger partial charge in [-0.2, -0.15) is 4.98 Å². The van der Waals surface area contributed by atoms with Crippen LogP contribution in [-0.4, -0.2) is 58.7 Å². The molecule has 0 aromatic carbocycles. The zero-order chi connectivity index (χ0) is 16.6. The van der Waals surface area contributed by atoms with E-state index < -0.39 is 0 Å². The largest absolute Gasteiger partial charge is 0.383 e. The van der Waals surface area contributed by atoms with Crippen LogP contribution >= 0.6 is 0 Å². The second-order valence-corrected chi connectivity index (χ2v) is 5.53. The highest BCUT2D eigenvalue weighted by Crippen LogP contribution is 2.20. The van der Waals surface area contributed by atoms with Gasteiger partial charge in [-0.1, -0.05) is 0 Å². The SMILES string of the molecule is COCCn1c(N2CCOCC2)nc2c1c(=O)n(C)c(=O)n2C. The number of hydrogen-bond acceptors (Lipinski definition) is 6. The molecule has 3 rings (SSSR count). The van der Waals surface area contributed by atoms with Gasteiger partial charge < -0.3 is 18.9 Å². The van der Waals surface area contributed by atoms with Gasteiger partial charge in [0.15, 0.2) is 11.2 Å². The molecule has 0 bridgehead atoms. The number of anilines is 1. The Hall–Kier alpha value is -2.13. The highest BCUT2D eigenvalue weighted by atomic mass is 16.5. The molecular formula is C14H21N5O4. The molecule has 0 spiro atoms. The maximum Gasteiger partial charge on any atom is 0.332 e. The Labute approximate surface area is 132 Å². The van der Waals surface area contributed by atoms with Gasteiger partial charge >= 0.3 is 5.69 Å². The quantitative estimate of drug-likeness (QED) is 0.711. The third kappa shape index (κ3) is 2.55. The zero-order valence-corrected chi connectivity index (χ0v) is 13.6. The van der Waals surface area contributed by atoms with Crippen molar-refractivity contribution < 1.29 is 9.47 Å². The van der Waals surface area contributed by atoms with E-state index in [0.717, 1.165) is 4.57 Å². The minimum absolute atomic E-state index is 0.341. The monoisotopic (exact) mass is 323 g/mol. The molecule has 0 N–H and O–H groups in total. The molecule has 23 heavy (non-hydrogen) atoms. The Morgan fingerprint density at radius 3 is 2.52 bits per heavy atom. The van der Waals surface area contributed by atoms with Crippen LogP contribution in [0.5, 0.6) is 0 Å². The number of fused-ring (bicyclic) bond motifs is 1.